The van der Waals surface area contributed by atoms with Crippen LogP contribution in [0.4, 0.5) is 18.0 Å². The Bertz CT molecular complexity index is 808. The molecule has 1 amide bonds. The minimum Gasteiger partial charge on any atom is -0.447 e. The van der Waals surface area contributed by atoms with E-state index >= 15 is 0 Å². The van der Waals surface area contributed by atoms with Crippen molar-refractivity contribution in [2.45, 2.75) is 32.4 Å². The maximum absolute atomic E-state index is 13.6. The number of benzene rings is 1. The first kappa shape index (κ1) is 17.2. The minimum atomic E-state index is -3.31. The quantitative estimate of drug-likeness (QED) is 0.842. The molecular weight excluding hydrogens is 335 g/mol. The molecule has 5 nitrogen and oxygen atoms in total. The first-order valence-electron chi connectivity index (χ1n) is 7.68. The van der Waals surface area contributed by atoms with Crippen LogP contribution >= 0.6 is 0 Å². The van der Waals surface area contributed by atoms with Gasteiger partial charge in [-0.15, -0.1) is 0 Å². The van der Waals surface area contributed by atoms with Crippen molar-refractivity contribution in [3.05, 3.63) is 47.7 Å². The molecular formula is C17H16F3N3O2. The zero-order chi connectivity index (χ0) is 18.2. The average Bonchev–Trinajstić information content (AvgIpc) is 2.86. The van der Waals surface area contributed by atoms with Crippen LogP contribution in [-0.4, -0.2) is 33.6 Å². The Morgan fingerprint density at radius 1 is 1.36 bits per heavy atom. The molecule has 0 aliphatic carbocycles. The molecule has 0 bridgehead atoms. The van der Waals surface area contributed by atoms with E-state index in [1.807, 2.05) is 6.92 Å². The lowest BCUT2D eigenvalue weighted by Crippen LogP contribution is -2.30. The number of halogens is 3. The SMILES string of the molecule is C[C@@H]1COC(=O)N1Cc1cncc(-c2ccc(F)c(C(C)(F)F)c2)n1. The maximum Gasteiger partial charge on any atom is 0.410 e. The maximum atomic E-state index is 13.6. The summed E-state index contributed by atoms with van der Waals surface area (Å²) in [5.41, 5.74) is 0.429. The third-order valence-electron chi connectivity index (χ3n) is 3.97. The molecule has 0 unspecified atom stereocenters. The summed E-state index contributed by atoms with van der Waals surface area (Å²) in [7, 11) is 0. The van der Waals surface area contributed by atoms with Crippen LogP contribution in [0.25, 0.3) is 11.3 Å². The van der Waals surface area contributed by atoms with Crippen LogP contribution in [0.1, 0.15) is 25.1 Å². The van der Waals surface area contributed by atoms with E-state index in [-0.39, 0.29) is 12.6 Å². The summed E-state index contributed by atoms with van der Waals surface area (Å²) in [4.78, 5) is 21.6. The molecule has 2 heterocycles. The van der Waals surface area contributed by atoms with E-state index in [0.717, 1.165) is 12.1 Å². The molecule has 1 aliphatic heterocycles. The normalized spacial score (nSPS) is 17.7. The Balaban J connectivity index is 1.91. The molecule has 1 fully saturated rings. The number of carbonyl (C=O) groups is 1. The lowest BCUT2D eigenvalue weighted by atomic mass is 10.0. The van der Waals surface area contributed by atoms with Gasteiger partial charge in [0.2, 0.25) is 0 Å². The van der Waals surface area contributed by atoms with Gasteiger partial charge in [-0.25, -0.2) is 22.9 Å². The fourth-order valence-corrected chi connectivity index (χ4v) is 2.58. The van der Waals surface area contributed by atoms with Gasteiger partial charge in [-0.3, -0.25) is 9.88 Å². The Morgan fingerprint density at radius 2 is 2.12 bits per heavy atom. The predicted octanol–water partition coefficient (Wildman–Crippen LogP) is 3.74. The van der Waals surface area contributed by atoms with Gasteiger partial charge in [-0.05, 0) is 25.1 Å². The van der Waals surface area contributed by atoms with Crippen molar-refractivity contribution in [1.82, 2.24) is 14.9 Å². The second kappa shape index (κ2) is 6.34. The third-order valence-corrected chi connectivity index (χ3v) is 3.97. The number of alkyl halides is 2. The van der Waals surface area contributed by atoms with Gasteiger partial charge in [0, 0.05) is 12.5 Å². The first-order valence-corrected chi connectivity index (χ1v) is 7.68. The van der Waals surface area contributed by atoms with Crippen molar-refractivity contribution in [3.8, 4) is 11.3 Å². The van der Waals surface area contributed by atoms with Crippen molar-refractivity contribution < 1.29 is 22.7 Å². The van der Waals surface area contributed by atoms with Crippen LogP contribution in [0.2, 0.25) is 0 Å². The second-order valence-corrected chi connectivity index (χ2v) is 6.03. The highest BCUT2D eigenvalue weighted by Gasteiger charge is 2.30. The van der Waals surface area contributed by atoms with E-state index in [4.69, 9.17) is 4.74 Å². The highest BCUT2D eigenvalue weighted by molar-refractivity contribution is 5.70. The molecule has 25 heavy (non-hydrogen) atoms. The fourth-order valence-electron chi connectivity index (χ4n) is 2.58. The van der Waals surface area contributed by atoms with Crippen molar-refractivity contribution in [3.63, 3.8) is 0 Å². The Morgan fingerprint density at radius 3 is 2.76 bits per heavy atom. The summed E-state index contributed by atoms with van der Waals surface area (Å²) in [5, 5.41) is 0. The molecule has 0 radical (unpaired) electrons. The van der Waals surface area contributed by atoms with Crippen molar-refractivity contribution >= 4 is 6.09 Å². The van der Waals surface area contributed by atoms with Gasteiger partial charge in [0.15, 0.2) is 0 Å². The molecule has 1 aromatic heterocycles. The minimum absolute atomic E-state index is 0.0887. The van der Waals surface area contributed by atoms with Crippen LogP contribution in [0, 0.1) is 5.82 Å². The molecule has 1 saturated heterocycles. The Hall–Kier alpha value is -2.64. The number of cyclic esters (lactones) is 1. The highest BCUT2D eigenvalue weighted by Crippen LogP contribution is 2.32. The van der Waals surface area contributed by atoms with E-state index in [1.165, 1.54) is 23.4 Å². The predicted molar refractivity (Wildman–Crippen MR) is 83.3 cm³/mol. The molecule has 0 N–H and O–H groups in total. The molecule has 3 rings (SSSR count). The van der Waals surface area contributed by atoms with Gasteiger partial charge in [-0.1, -0.05) is 0 Å². The summed E-state index contributed by atoms with van der Waals surface area (Å²) in [5.74, 6) is -4.28. The Kier molecular flexibility index (Phi) is 4.36. The summed E-state index contributed by atoms with van der Waals surface area (Å²) >= 11 is 0. The van der Waals surface area contributed by atoms with Crippen molar-refractivity contribution in [2.75, 3.05) is 6.61 Å². The van der Waals surface area contributed by atoms with E-state index in [9.17, 15) is 18.0 Å². The number of hydrogen-bond acceptors (Lipinski definition) is 4. The number of aromatic nitrogens is 2. The summed E-state index contributed by atoms with van der Waals surface area (Å²) < 4.78 is 45.6. The van der Waals surface area contributed by atoms with E-state index in [2.05, 4.69) is 9.97 Å². The van der Waals surface area contributed by atoms with Gasteiger partial charge in [0.25, 0.3) is 5.92 Å². The lowest BCUT2D eigenvalue weighted by Gasteiger charge is -2.17. The fraction of sp³-hybridized carbons (Fsp3) is 0.353. The number of nitrogens with zero attached hydrogens (tertiary/aromatic N) is 3. The van der Waals surface area contributed by atoms with E-state index in [0.29, 0.717) is 30.5 Å². The molecule has 8 heteroatoms. The summed E-state index contributed by atoms with van der Waals surface area (Å²) in [6.07, 6.45) is 2.45. The van der Waals surface area contributed by atoms with Crippen LogP contribution in [0.5, 0.6) is 0 Å². The van der Waals surface area contributed by atoms with Gasteiger partial charge in [0.1, 0.15) is 12.4 Å². The number of hydrogen-bond donors (Lipinski definition) is 0. The smallest absolute Gasteiger partial charge is 0.410 e. The monoisotopic (exact) mass is 351 g/mol. The zero-order valence-electron chi connectivity index (χ0n) is 13.7. The van der Waals surface area contributed by atoms with Crippen LogP contribution in [0.3, 0.4) is 0 Å². The van der Waals surface area contributed by atoms with Gasteiger partial charge in [0.05, 0.1) is 41.9 Å². The van der Waals surface area contributed by atoms with Crippen molar-refractivity contribution in [1.29, 1.82) is 0 Å². The molecule has 0 saturated carbocycles. The Labute approximate surface area is 142 Å². The van der Waals surface area contributed by atoms with E-state index < -0.39 is 23.4 Å². The molecule has 1 aliphatic rings. The second-order valence-electron chi connectivity index (χ2n) is 6.03. The largest absolute Gasteiger partial charge is 0.447 e. The van der Waals surface area contributed by atoms with E-state index in [1.54, 1.807) is 0 Å². The molecule has 1 atom stereocenters. The lowest BCUT2D eigenvalue weighted by molar-refractivity contribution is 0.0138. The number of ether oxygens (including phenoxy) is 1. The number of rotatable bonds is 4. The first-order chi connectivity index (χ1) is 11.8. The molecule has 2 aromatic rings. The number of amides is 1. The highest BCUT2D eigenvalue weighted by atomic mass is 19.3. The third kappa shape index (κ3) is 3.57. The zero-order valence-corrected chi connectivity index (χ0v) is 13.7. The van der Waals surface area contributed by atoms with Gasteiger partial charge >= 0.3 is 6.09 Å². The van der Waals surface area contributed by atoms with Gasteiger partial charge in [-0.2, -0.15) is 0 Å². The van der Waals surface area contributed by atoms with Crippen LogP contribution < -0.4 is 0 Å². The standard InChI is InChI=1S/C17H16F3N3O2/c1-10-9-25-16(24)23(10)8-12-6-21-7-15(22-12)11-3-4-14(18)13(5-11)17(2,19)20/h3-7,10H,8-9H2,1-2H3/t10-/m1/s1. The van der Waals surface area contributed by atoms with Crippen LogP contribution in [0.15, 0.2) is 30.6 Å². The van der Waals surface area contributed by atoms with Crippen LogP contribution in [-0.2, 0) is 17.2 Å². The molecule has 0 spiro atoms. The molecule has 132 valence electrons. The average molecular weight is 351 g/mol. The summed E-state index contributed by atoms with van der Waals surface area (Å²) in [6.45, 7) is 2.98. The topological polar surface area (TPSA) is 55.3 Å². The van der Waals surface area contributed by atoms with Gasteiger partial charge < -0.3 is 4.74 Å². The molecule has 1 aromatic carbocycles. The summed E-state index contributed by atoms with van der Waals surface area (Å²) in [6, 6.07) is 3.33. The van der Waals surface area contributed by atoms with Crippen molar-refractivity contribution in [2.24, 2.45) is 0 Å². The number of carbonyl (C=O) groups excluding carboxylic acids is 1.